The van der Waals surface area contributed by atoms with Crippen molar-refractivity contribution in [1.82, 2.24) is 4.31 Å². The Kier molecular flexibility index (Phi) is 6.21. The van der Waals surface area contributed by atoms with E-state index in [1.807, 2.05) is 0 Å². The zero-order chi connectivity index (χ0) is 20.1. The van der Waals surface area contributed by atoms with E-state index in [2.05, 4.69) is 0 Å². The number of ketones is 1. The lowest BCUT2D eigenvalue weighted by Gasteiger charge is -2.26. The van der Waals surface area contributed by atoms with Crippen LogP contribution in [-0.2, 0) is 14.8 Å². The fraction of sp³-hybridized carbons (Fsp3) is 0.300. The molecule has 6 nitrogen and oxygen atoms in total. The molecular weight excluding hydrogens is 385 g/mol. The fourth-order valence-corrected chi connectivity index (χ4v) is 4.76. The summed E-state index contributed by atoms with van der Waals surface area (Å²) in [5.41, 5.74) is -0.0536. The number of nitrogens with zero attached hydrogens (tertiary/aromatic N) is 1. The Morgan fingerprint density at radius 3 is 2.43 bits per heavy atom. The van der Waals surface area contributed by atoms with Gasteiger partial charge in [-0.05, 0) is 37.1 Å². The van der Waals surface area contributed by atoms with Crippen molar-refractivity contribution in [2.45, 2.75) is 24.2 Å². The molecule has 3 rings (SSSR count). The third-order valence-electron chi connectivity index (χ3n) is 4.52. The summed E-state index contributed by atoms with van der Waals surface area (Å²) in [5.74, 6) is -2.07. The number of carbonyl (C=O) groups excluding carboxylic acids is 2. The van der Waals surface area contributed by atoms with Crippen LogP contribution in [0.1, 0.15) is 40.0 Å². The van der Waals surface area contributed by atoms with E-state index in [0.29, 0.717) is 13.1 Å². The maximum Gasteiger partial charge on any atom is 0.339 e. The van der Waals surface area contributed by atoms with Crippen molar-refractivity contribution in [2.75, 3.05) is 19.7 Å². The molecule has 0 aliphatic carbocycles. The minimum atomic E-state index is -3.84. The molecule has 148 valence electrons. The molecule has 1 heterocycles. The Morgan fingerprint density at radius 2 is 1.71 bits per heavy atom. The molecule has 0 spiro atoms. The Labute approximate surface area is 163 Å². The fourth-order valence-electron chi connectivity index (χ4n) is 3.06. The van der Waals surface area contributed by atoms with Crippen LogP contribution in [0.2, 0.25) is 0 Å². The van der Waals surface area contributed by atoms with Gasteiger partial charge in [-0.3, -0.25) is 4.79 Å². The summed E-state index contributed by atoms with van der Waals surface area (Å²) in [4.78, 5) is 24.4. The van der Waals surface area contributed by atoms with Gasteiger partial charge in [-0.2, -0.15) is 4.31 Å². The summed E-state index contributed by atoms with van der Waals surface area (Å²) >= 11 is 0. The summed E-state index contributed by atoms with van der Waals surface area (Å²) < 4.78 is 45.4. The molecule has 0 radical (unpaired) electrons. The van der Waals surface area contributed by atoms with Gasteiger partial charge in [-0.1, -0.05) is 30.7 Å². The van der Waals surface area contributed by atoms with Gasteiger partial charge < -0.3 is 4.74 Å². The normalized spacial score (nSPS) is 15.2. The minimum Gasteiger partial charge on any atom is -0.454 e. The number of hydrogen-bond acceptors (Lipinski definition) is 5. The number of benzene rings is 2. The number of Topliss-reactive ketones (excluding diaryl/α,β-unsaturated/α-hetero) is 1. The molecule has 0 N–H and O–H groups in total. The topological polar surface area (TPSA) is 80.8 Å². The van der Waals surface area contributed by atoms with Gasteiger partial charge >= 0.3 is 5.97 Å². The zero-order valence-corrected chi connectivity index (χ0v) is 16.0. The molecule has 28 heavy (non-hydrogen) atoms. The van der Waals surface area contributed by atoms with Crippen molar-refractivity contribution >= 4 is 21.8 Å². The van der Waals surface area contributed by atoms with Crippen LogP contribution in [0.3, 0.4) is 0 Å². The quantitative estimate of drug-likeness (QED) is 0.545. The summed E-state index contributed by atoms with van der Waals surface area (Å²) in [7, 11) is -3.84. The number of halogens is 1. The molecular formula is C20H20FNO5S. The van der Waals surface area contributed by atoms with Crippen LogP contribution in [0, 0.1) is 5.82 Å². The Hall–Kier alpha value is -2.58. The van der Waals surface area contributed by atoms with Crippen molar-refractivity contribution in [1.29, 1.82) is 0 Å². The SMILES string of the molecule is O=C(COC(=O)c1ccccc1S(=O)(=O)N1CCCCC1)c1cccc(F)c1. The molecule has 0 aromatic heterocycles. The Bertz CT molecular complexity index is 984. The van der Waals surface area contributed by atoms with E-state index in [0.717, 1.165) is 25.3 Å². The second-order valence-corrected chi connectivity index (χ2v) is 8.38. The van der Waals surface area contributed by atoms with Crippen molar-refractivity contribution in [3.05, 3.63) is 65.5 Å². The van der Waals surface area contributed by atoms with Crippen molar-refractivity contribution in [2.24, 2.45) is 0 Å². The van der Waals surface area contributed by atoms with Gasteiger partial charge in [0.15, 0.2) is 12.4 Å². The lowest BCUT2D eigenvalue weighted by molar-refractivity contribution is 0.0470. The smallest absolute Gasteiger partial charge is 0.339 e. The highest BCUT2D eigenvalue weighted by Gasteiger charge is 2.30. The molecule has 1 aliphatic rings. The summed E-state index contributed by atoms with van der Waals surface area (Å²) in [5, 5.41) is 0. The Balaban J connectivity index is 1.76. The van der Waals surface area contributed by atoms with Crippen molar-refractivity contribution in [3.8, 4) is 0 Å². The first kappa shape index (κ1) is 20.2. The van der Waals surface area contributed by atoms with E-state index in [4.69, 9.17) is 4.74 Å². The molecule has 0 unspecified atom stereocenters. The van der Waals surface area contributed by atoms with Crippen LogP contribution >= 0.6 is 0 Å². The van der Waals surface area contributed by atoms with E-state index in [-0.39, 0.29) is 16.0 Å². The first-order valence-corrected chi connectivity index (χ1v) is 10.4. The predicted octanol–water partition coefficient (Wildman–Crippen LogP) is 3.04. The predicted molar refractivity (Wildman–Crippen MR) is 100 cm³/mol. The molecule has 1 fully saturated rings. The third-order valence-corrected chi connectivity index (χ3v) is 6.48. The average Bonchev–Trinajstić information content (AvgIpc) is 2.72. The van der Waals surface area contributed by atoms with Gasteiger partial charge in [0.2, 0.25) is 10.0 Å². The van der Waals surface area contributed by atoms with E-state index in [1.54, 1.807) is 0 Å². The van der Waals surface area contributed by atoms with Gasteiger partial charge in [0.1, 0.15) is 5.82 Å². The standard InChI is InChI=1S/C20H20FNO5S/c21-16-8-6-7-15(13-16)18(23)14-27-20(24)17-9-2-3-10-19(17)28(25,26)22-11-4-1-5-12-22/h2-3,6-10,13H,1,4-5,11-12,14H2. The highest BCUT2D eigenvalue weighted by molar-refractivity contribution is 7.89. The highest BCUT2D eigenvalue weighted by Crippen LogP contribution is 2.24. The third kappa shape index (κ3) is 4.45. The zero-order valence-electron chi connectivity index (χ0n) is 15.1. The van der Waals surface area contributed by atoms with Crippen LogP contribution in [0.15, 0.2) is 53.4 Å². The van der Waals surface area contributed by atoms with E-state index in [9.17, 15) is 22.4 Å². The van der Waals surface area contributed by atoms with E-state index in [1.165, 1.54) is 46.8 Å². The Morgan fingerprint density at radius 1 is 1.00 bits per heavy atom. The number of esters is 1. The van der Waals surface area contributed by atoms with E-state index < -0.39 is 34.2 Å². The molecule has 8 heteroatoms. The molecule has 0 amide bonds. The molecule has 0 atom stereocenters. The molecule has 0 saturated carbocycles. The highest BCUT2D eigenvalue weighted by atomic mass is 32.2. The molecule has 0 bridgehead atoms. The average molecular weight is 405 g/mol. The summed E-state index contributed by atoms with van der Waals surface area (Å²) in [6, 6.07) is 10.8. The van der Waals surface area contributed by atoms with Gasteiger partial charge in [-0.25, -0.2) is 17.6 Å². The number of piperidine rings is 1. The lowest BCUT2D eigenvalue weighted by atomic mass is 10.1. The van der Waals surface area contributed by atoms with Gasteiger partial charge in [-0.15, -0.1) is 0 Å². The van der Waals surface area contributed by atoms with Crippen LogP contribution in [-0.4, -0.2) is 44.2 Å². The number of hydrogen-bond donors (Lipinski definition) is 0. The summed E-state index contributed by atoms with van der Waals surface area (Å²) in [6.07, 6.45) is 2.51. The molecule has 1 saturated heterocycles. The first-order chi connectivity index (χ1) is 13.4. The van der Waals surface area contributed by atoms with Gasteiger partial charge in [0.05, 0.1) is 10.5 Å². The number of carbonyl (C=O) groups is 2. The second kappa shape index (κ2) is 8.62. The van der Waals surface area contributed by atoms with Gasteiger partial charge in [0, 0.05) is 18.7 Å². The van der Waals surface area contributed by atoms with Crippen LogP contribution in [0.5, 0.6) is 0 Å². The maximum atomic E-state index is 13.2. The lowest BCUT2D eigenvalue weighted by Crippen LogP contribution is -2.36. The van der Waals surface area contributed by atoms with Crippen LogP contribution < -0.4 is 0 Å². The van der Waals surface area contributed by atoms with Gasteiger partial charge in [0.25, 0.3) is 0 Å². The van der Waals surface area contributed by atoms with Crippen LogP contribution in [0.4, 0.5) is 4.39 Å². The minimum absolute atomic E-state index is 0.0713. The maximum absolute atomic E-state index is 13.2. The monoisotopic (exact) mass is 405 g/mol. The summed E-state index contributed by atoms with van der Waals surface area (Å²) in [6.45, 7) is 0.202. The molecule has 2 aromatic carbocycles. The van der Waals surface area contributed by atoms with E-state index >= 15 is 0 Å². The first-order valence-electron chi connectivity index (χ1n) is 8.94. The van der Waals surface area contributed by atoms with Crippen LogP contribution in [0.25, 0.3) is 0 Å². The number of sulfonamides is 1. The largest absolute Gasteiger partial charge is 0.454 e. The number of rotatable bonds is 6. The number of ether oxygens (including phenoxy) is 1. The second-order valence-electron chi connectivity index (χ2n) is 6.47. The van der Waals surface area contributed by atoms with Crippen molar-refractivity contribution < 1.29 is 27.1 Å². The molecule has 2 aromatic rings. The van der Waals surface area contributed by atoms with Crippen molar-refractivity contribution in [3.63, 3.8) is 0 Å². The molecule has 1 aliphatic heterocycles.